The van der Waals surface area contributed by atoms with Gasteiger partial charge in [0.15, 0.2) is 6.10 Å². The van der Waals surface area contributed by atoms with Gasteiger partial charge in [0.25, 0.3) is 5.69 Å². The molecule has 6 nitrogen and oxygen atoms in total. The van der Waals surface area contributed by atoms with Crippen molar-refractivity contribution in [3.63, 3.8) is 0 Å². The molecule has 0 aromatic heterocycles. The van der Waals surface area contributed by atoms with Crippen molar-refractivity contribution in [2.45, 2.75) is 15.8 Å². The van der Waals surface area contributed by atoms with E-state index in [0.29, 0.717) is 5.56 Å². The number of nitro benzene ring substituents is 1. The summed E-state index contributed by atoms with van der Waals surface area (Å²) in [5.74, 6) is -1.37. The molecule has 0 bridgehead atoms. The molecule has 1 aromatic carbocycles. The molecule has 0 heterocycles. The number of rotatable bonds is 5. The third-order valence-electron chi connectivity index (χ3n) is 2.23. The van der Waals surface area contributed by atoms with Gasteiger partial charge in [-0.15, -0.1) is 0 Å². The molecule has 1 aromatic rings. The van der Waals surface area contributed by atoms with E-state index in [1.54, 1.807) is 6.07 Å². The van der Waals surface area contributed by atoms with E-state index in [4.69, 9.17) is 5.11 Å². The number of hydrogen-bond donors (Lipinski definition) is 2. The van der Waals surface area contributed by atoms with E-state index in [1.807, 2.05) is 0 Å². The number of carbonyl (C=O) groups is 1. The molecule has 0 radical (unpaired) electrons. The number of aliphatic carboxylic acids is 1. The number of carboxylic acid groups (broad SMARTS) is 1. The lowest BCUT2D eigenvalue weighted by molar-refractivity contribution is -0.384. The highest BCUT2D eigenvalue weighted by Gasteiger charge is 2.30. The number of carboxylic acids is 1. The van der Waals surface area contributed by atoms with Crippen molar-refractivity contribution in [3.8, 4) is 0 Å². The van der Waals surface area contributed by atoms with Crippen molar-refractivity contribution in [2.75, 3.05) is 0 Å². The zero-order chi connectivity index (χ0) is 13.9. The minimum atomic E-state index is -1.62. The minimum absolute atomic E-state index is 0.0959. The molecule has 0 aliphatic carbocycles. The van der Waals surface area contributed by atoms with Crippen molar-refractivity contribution >= 4 is 43.5 Å². The zero-order valence-electron chi connectivity index (χ0n) is 8.86. The molecular formula is C10H9Br2NO5. The molecular weight excluding hydrogens is 374 g/mol. The van der Waals surface area contributed by atoms with E-state index in [9.17, 15) is 20.0 Å². The Hall–Kier alpha value is -0.990. The lowest BCUT2D eigenvalue weighted by atomic mass is 10.1. The van der Waals surface area contributed by atoms with Crippen LogP contribution in [0.3, 0.4) is 0 Å². The number of nitrogens with zero attached hydrogens (tertiary/aromatic N) is 1. The van der Waals surface area contributed by atoms with E-state index >= 15 is 0 Å². The molecule has 3 unspecified atom stereocenters. The molecule has 0 fully saturated rings. The second-order valence-corrected chi connectivity index (χ2v) is 5.53. The summed E-state index contributed by atoms with van der Waals surface area (Å²) in [6, 6.07) is 5.76. The quantitative estimate of drug-likeness (QED) is 0.462. The van der Waals surface area contributed by atoms with Crippen LogP contribution in [0.4, 0.5) is 5.69 Å². The molecule has 1 rings (SSSR count). The number of aliphatic hydroxyl groups is 1. The maximum atomic E-state index is 10.6. The van der Waals surface area contributed by atoms with Gasteiger partial charge in [0.05, 0.1) is 14.6 Å². The molecule has 0 amide bonds. The Morgan fingerprint density at radius 2 is 2.00 bits per heavy atom. The SMILES string of the molecule is O=C(O)C(O)C(Br)C(Br)c1cccc([N+](=O)[O-])c1. The van der Waals surface area contributed by atoms with Crippen LogP contribution in [-0.4, -0.2) is 32.0 Å². The molecule has 0 aliphatic heterocycles. The van der Waals surface area contributed by atoms with E-state index in [0.717, 1.165) is 0 Å². The molecule has 0 saturated carbocycles. The number of nitro groups is 1. The van der Waals surface area contributed by atoms with Gasteiger partial charge in [-0.3, -0.25) is 10.1 Å². The average Bonchev–Trinajstić information content (AvgIpc) is 2.36. The molecule has 98 valence electrons. The Kier molecular flexibility index (Phi) is 5.24. The van der Waals surface area contributed by atoms with Crippen LogP contribution in [0.15, 0.2) is 24.3 Å². The van der Waals surface area contributed by atoms with Crippen LogP contribution in [0.25, 0.3) is 0 Å². The second-order valence-electron chi connectivity index (χ2n) is 3.48. The first-order chi connectivity index (χ1) is 8.34. The predicted octanol–water partition coefficient (Wildman–Crippen LogP) is 2.24. The van der Waals surface area contributed by atoms with Crippen molar-refractivity contribution < 1.29 is 19.9 Å². The van der Waals surface area contributed by atoms with Gasteiger partial charge in [-0.2, -0.15) is 0 Å². The van der Waals surface area contributed by atoms with Gasteiger partial charge in [-0.25, -0.2) is 4.79 Å². The highest BCUT2D eigenvalue weighted by atomic mass is 79.9. The van der Waals surface area contributed by atoms with Crippen LogP contribution >= 0.6 is 31.9 Å². The Bertz CT molecular complexity index is 467. The molecule has 0 saturated heterocycles. The number of alkyl halides is 2. The molecule has 2 N–H and O–H groups in total. The normalized spacial score (nSPS) is 15.7. The van der Waals surface area contributed by atoms with E-state index in [2.05, 4.69) is 31.9 Å². The van der Waals surface area contributed by atoms with E-state index < -0.39 is 26.7 Å². The summed E-state index contributed by atoms with van der Waals surface area (Å²) in [6.07, 6.45) is -1.62. The summed E-state index contributed by atoms with van der Waals surface area (Å²) in [5.41, 5.74) is 0.410. The summed E-state index contributed by atoms with van der Waals surface area (Å²) in [6.45, 7) is 0. The third kappa shape index (κ3) is 3.50. The predicted molar refractivity (Wildman–Crippen MR) is 71.1 cm³/mol. The summed E-state index contributed by atoms with van der Waals surface area (Å²) < 4.78 is 0. The molecule has 8 heteroatoms. The summed E-state index contributed by atoms with van der Waals surface area (Å²) >= 11 is 6.27. The van der Waals surface area contributed by atoms with Crippen LogP contribution in [0.1, 0.15) is 10.4 Å². The Morgan fingerprint density at radius 3 is 2.50 bits per heavy atom. The second kappa shape index (κ2) is 6.26. The first-order valence-corrected chi connectivity index (χ1v) is 6.61. The summed E-state index contributed by atoms with van der Waals surface area (Å²) in [7, 11) is 0. The van der Waals surface area contributed by atoms with Gasteiger partial charge < -0.3 is 10.2 Å². The average molecular weight is 383 g/mol. The van der Waals surface area contributed by atoms with Gasteiger partial charge in [-0.1, -0.05) is 44.0 Å². The van der Waals surface area contributed by atoms with Crippen LogP contribution in [0, 0.1) is 10.1 Å². The Balaban J connectivity index is 2.96. The largest absolute Gasteiger partial charge is 0.479 e. The maximum Gasteiger partial charge on any atom is 0.333 e. The fraction of sp³-hybridized carbons (Fsp3) is 0.300. The van der Waals surface area contributed by atoms with Crippen LogP contribution < -0.4 is 0 Å². The minimum Gasteiger partial charge on any atom is -0.479 e. The lowest BCUT2D eigenvalue weighted by Crippen LogP contribution is -2.32. The smallest absolute Gasteiger partial charge is 0.333 e. The summed E-state index contributed by atoms with van der Waals surface area (Å²) in [5, 5.41) is 28.7. The molecule has 0 aliphatic rings. The van der Waals surface area contributed by atoms with Crippen molar-refractivity contribution in [1.82, 2.24) is 0 Å². The molecule has 0 spiro atoms. The van der Waals surface area contributed by atoms with Crippen molar-refractivity contribution in [3.05, 3.63) is 39.9 Å². The monoisotopic (exact) mass is 381 g/mol. The lowest BCUT2D eigenvalue weighted by Gasteiger charge is -2.19. The van der Waals surface area contributed by atoms with Gasteiger partial charge >= 0.3 is 5.97 Å². The van der Waals surface area contributed by atoms with Gasteiger partial charge in [-0.05, 0) is 5.56 Å². The number of halogens is 2. The van der Waals surface area contributed by atoms with E-state index in [1.165, 1.54) is 18.2 Å². The number of benzene rings is 1. The number of aliphatic hydroxyl groups excluding tert-OH is 1. The van der Waals surface area contributed by atoms with E-state index in [-0.39, 0.29) is 5.69 Å². The van der Waals surface area contributed by atoms with Gasteiger partial charge in [0, 0.05) is 12.1 Å². The van der Waals surface area contributed by atoms with Gasteiger partial charge in [0.2, 0.25) is 0 Å². The molecule has 18 heavy (non-hydrogen) atoms. The van der Waals surface area contributed by atoms with Crippen LogP contribution in [0.2, 0.25) is 0 Å². The molecule has 3 atom stereocenters. The zero-order valence-corrected chi connectivity index (χ0v) is 12.0. The highest BCUT2D eigenvalue weighted by molar-refractivity contribution is 9.12. The third-order valence-corrected chi connectivity index (χ3v) is 5.07. The first-order valence-electron chi connectivity index (χ1n) is 4.78. The fourth-order valence-electron chi connectivity index (χ4n) is 1.29. The standard InChI is InChI=1S/C10H9Br2NO5/c11-7(8(12)9(14)10(15)16)5-2-1-3-6(4-5)13(17)18/h1-4,7-9,14H,(H,15,16). The highest BCUT2D eigenvalue weighted by Crippen LogP contribution is 2.34. The van der Waals surface area contributed by atoms with Crippen LogP contribution in [-0.2, 0) is 4.79 Å². The Labute approximate surface area is 119 Å². The Morgan fingerprint density at radius 1 is 1.39 bits per heavy atom. The topological polar surface area (TPSA) is 101 Å². The van der Waals surface area contributed by atoms with Gasteiger partial charge in [0.1, 0.15) is 0 Å². The summed E-state index contributed by atoms with van der Waals surface area (Å²) in [4.78, 5) is 19.3. The maximum absolute atomic E-state index is 10.6. The number of non-ortho nitro benzene ring substituents is 1. The first kappa shape index (κ1) is 15.1. The van der Waals surface area contributed by atoms with Crippen molar-refractivity contribution in [1.29, 1.82) is 0 Å². The van der Waals surface area contributed by atoms with Crippen LogP contribution in [0.5, 0.6) is 0 Å². The number of hydrogen-bond acceptors (Lipinski definition) is 4. The van der Waals surface area contributed by atoms with Crippen molar-refractivity contribution in [2.24, 2.45) is 0 Å². The fourth-order valence-corrected chi connectivity index (χ4v) is 2.40.